The molecule has 0 aliphatic carbocycles. The quantitative estimate of drug-likeness (QED) is 0.443. The Morgan fingerprint density at radius 2 is 1.95 bits per heavy atom. The van der Waals surface area contributed by atoms with Gasteiger partial charge in [0.15, 0.2) is 5.78 Å². The lowest BCUT2D eigenvalue weighted by molar-refractivity contribution is -0.148. The van der Waals surface area contributed by atoms with E-state index in [1.54, 1.807) is 19.9 Å². The highest BCUT2D eigenvalue weighted by Crippen LogP contribution is 2.10. The van der Waals surface area contributed by atoms with Crippen molar-refractivity contribution in [3.8, 4) is 0 Å². The van der Waals surface area contributed by atoms with Crippen molar-refractivity contribution in [2.45, 2.75) is 26.8 Å². The number of hydrogen-bond acceptors (Lipinski definition) is 5. The lowest BCUT2D eigenvalue weighted by Gasteiger charge is -2.17. The van der Waals surface area contributed by atoms with Crippen LogP contribution in [0.1, 0.15) is 35.9 Å². The van der Waals surface area contributed by atoms with E-state index in [2.05, 4.69) is 0 Å². The van der Waals surface area contributed by atoms with E-state index in [9.17, 15) is 14.4 Å². The third-order valence-electron chi connectivity index (χ3n) is 2.96. The number of carbonyl (C=O) groups excluding carboxylic acids is 2. The molecule has 0 bridgehead atoms. The first-order valence-corrected chi connectivity index (χ1v) is 6.28. The standard InChI is InChI=1S/C14H19NO5/c1-9-5-6-12(11(3)16)13(17)15(9)10(2)14(18)20-8-7-19-4/h5-6,10H,7-8H2,1-4H3. The number of carbonyl (C=O) groups is 2. The monoisotopic (exact) mass is 281 g/mol. The minimum Gasteiger partial charge on any atom is -0.462 e. The first-order chi connectivity index (χ1) is 9.40. The fourth-order valence-corrected chi connectivity index (χ4v) is 1.85. The second kappa shape index (κ2) is 7.00. The van der Waals surface area contributed by atoms with E-state index in [0.717, 1.165) is 0 Å². The third kappa shape index (κ3) is 3.54. The van der Waals surface area contributed by atoms with Gasteiger partial charge in [0, 0.05) is 12.8 Å². The summed E-state index contributed by atoms with van der Waals surface area (Å²) in [5.74, 6) is -0.864. The summed E-state index contributed by atoms with van der Waals surface area (Å²) in [7, 11) is 1.50. The molecule has 0 radical (unpaired) electrons. The summed E-state index contributed by atoms with van der Waals surface area (Å²) >= 11 is 0. The van der Waals surface area contributed by atoms with Crippen LogP contribution in [0.5, 0.6) is 0 Å². The molecule has 0 fully saturated rings. The maximum absolute atomic E-state index is 12.2. The minimum absolute atomic E-state index is 0.0622. The van der Waals surface area contributed by atoms with Crippen LogP contribution in [0, 0.1) is 6.92 Å². The van der Waals surface area contributed by atoms with Gasteiger partial charge in [-0.3, -0.25) is 14.2 Å². The number of Topliss-reactive ketones (excluding diaryl/α,β-unsaturated/α-hetero) is 1. The molecular formula is C14H19NO5. The number of pyridine rings is 1. The summed E-state index contributed by atoms with van der Waals surface area (Å²) in [5.41, 5.74) is 0.178. The van der Waals surface area contributed by atoms with Gasteiger partial charge in [-0.15, -0.1) is 0 Å². The molecule has 0 amide bonds. The molecule has 1 atom stereocenters. The van der Waals surface area contributed by atoms with Crippen molar-refractivity contribution in [2.24, 2.45) is 0 Å². The van der Waals surface area contributed by atoms with Crippen molar-refractivity contribution >= 4 is 11.8 Å². The highest BCUT2D eigenvalue weighted by Gasteiger charge is 2.21. The molecule has 6 heteroatoms. The van der Waals surface area contributed by atoms with E-state index in [-0.39, 0.29) is 18.0 Å². The largest absolute Gasteiger partial charge is 0.462 e. The predicted molar refractivity (Wildman–Crippen MR) is 73.0 cm³/mol. The highest BCUT2D eigenvalue weighted by molar-refractivity contribution is 5.93. The third-order valence-corrected chi connectivity index (χ3v) is 2.96. The molecule has 1 heterocycles. The lowest BCUT2D eigenvalue weighted by Crippen LogP contribution is -2.34. The average molecular weight is 281 g/mol. The summed E-state index contributed by atoms with van der Waals surface area (Å²) in [6, 6.07) is 2.31. The van der Waals surface area contributed by atoms with Crippen LogP contribution in [0.25, 0.3) is 0 Å². The van der Waals surface area contributed by atoms with Gasteiger partial charge in [-0.1, -0.05) is 0 Å². The van der Waals surface area contributed by atoms with Gasteiger partial charge in [0.1, 0.15) is 12.6 Å². The van der Waals surface area contributed by atoms with Crippen LogP contribution in [0.3, 0.4) is 0 Å². The Labute approximate surface area is 117 Å². The van der Waals surface area contributed by atoms with Crippen molar-refractivity contribution in [2.75, 3.05) is 20.3 Å². The van der Waals surface area contributed by atoms with Crippen molar-refractivity contribution in [3.05, 3.63) is 33.7 Å². The fraction of sp³-hybridized carbons (Fsp3) is 0.500. The second-order valence-electron chi connectivity index (χ2n) is 4.46. The molecule has 0 spiro atoms. The van der Waals surface area contributed by atoms with Gasteiger partial charge in [0.05, 0.1) is 12.2 Å². The SMILES string of the molecule is COCCOC(=O)C(C)n1c(C)ccc(C(C)=O)c1=O. The van der Waals surface area contributed by atoms with E-state index < -0.39 is 17.6 Å². The van der Waals surface area contributed by atoms with Gasteiger partial charge in [0.2, 0.25) is 0 Å². The fourth-order valence-electron chi connectivity index (χ4n) is 1.85. The number of nitrogens with zero attached hydrogens (tertiary/aromatic N) is 1. The van der Waals surface area contributed by atoms with Crippen LogP contribution in [-0.2, 0) is 14.3 Å². The Morgan fingerprint density at radius 3 is 2.50 bits per heavy atom. The Kier molecular flexibility index (Phi) is 5.64. The van der Waals surface area contributed by atoms with E-state index >= 15 is 0 Å². The van der Waals surface area contributed by atoms with Gasteiger partial charge in [0.25, 0.3) is 5.56 Å². The predicted octanol–water partition coefficient (Wildman–Crippen LogP) is 1.11. The van der Waals surface area contributed by atoms with Crippen molar-refractivity contribution < 1.29 is 19.1 Å². The second-order valence-corrected chi connectivity index (χ2v) is 4.46. The van der Waals surface area contributed by atoms with Crippen LogP contribution in [0.4, 0.5) is 0 Å². The molecule has 0 saturated heterocycles. The zero-order valence-electron chi connectivity index (χ0n) is 12.1. The van der Waals surface area contributed by atoms with E-state index in [1.165, 1.54) is 24.7 Å². The topological polar surface area (TPSA) is 74.6 Å². The van der Waals surface area contributed by atoms with Gasteiger partial charge in [-0.2, -0.15) is 0 Å². The number of ketones is 1. The number of methoxy groups -OCH3 is 1. The number of esters is 1. The van der Waals surface area contributed by atoms with Crippen LogP contribution in [-0.4, -0.2) is 36.6 Å². The normalized spacial score (nSPS) is 12.0. The molecule has 1 unspecified atom stereocenters. The molecule has 0 aliphatic heterocycles. The van der Waals surface area contributed by atoms with Gasteiger partial charge in [-0.25, -0.2) is 4.79 Å². The highest BCUT2D eigenvalue weighted by atomic mass is 16.6. The summed E-state index contributed by atoms with van der Waals surface area (Å²) in [4.78, 5) is 35.5. The Morgan fingerprint density at radius 1 is 1.30 bits per heavy atom. The van der Waals surface area contributed by atoms with Crippen LogP contribution in [0.15, 0.2) is 16.9 Å². The molecule has 1 rings (SSSR count). The smallest absolute Gasteiger partial charge is 0.329 e. The molecule has 1 aromatic heterocycles. The molecule has 0 N–H and O–H groups in total. The zero-order valence-corrected chi connectivity index (χ0v) is 12.1. The summed E-state index contributed by atoms with van der Waals surface area (Å²) in [6.45, 7) is 5.00. The molecule has 0 saturated carbocycles. The van der Waals surface area contributed by atoms with Crippen molar-refractivity contribution in [1.82, 2.24) is 4.57 Å². The maximum atomic E-state index is 12.2. The minimum atomic E-state index is -0.793. The van der Waals surface area contributed by atoms with Crippen molar-refractivity contribution in [1.29, 1.82) is 0 Å². The van der Waals surface area contributed by atoms with E-state index in [4.69, 9.17) is 9.47 Å². The zero-order chi connectivity index (χ0) is 15.3. The number of aryl methyl sites for hydroxylation is 1. The van der Waals surface area contributed by atoms with E-state index in [0.29, 0.717) is 12.3 Å². The molecule has 20 heavy (non-hydrogen) atoms. The van der Waals surface area contributed by atoms with E-state index in [1.807, 2.05) is 0 Å². The number of ether oxygens (including phenoxy) is 2. The van der Waals surface area contributed by atoms with Gasteiger partial charge >= 0.3 is 5.97 Å². The van der Waals surface area contributed by atoms with Crippen molar-refractivity contribution in [3.63, 3.8) is 0 Å². The molecule has 6 nitrogen and oxygen atoms in total. The number of hydrogen-bond donors (Lipinski definition) is 0. The number of aromatic nitrogens is 1. The summed E-state index contributed by atoms with van der Waals surface area (Å²) in [6.07, 6.45) is 0. The van der Waals surface area contributed by atoms with Crippen LogP contribution >= 0.6 is 0 Å². The molecule has 0 aromatic carbocycles. The number of rotatable bonds is 6. The Bertz CT molecular complexity index is 561. The molecule has 0 aliphatic rings. The Hall–Kier alpha value is -1.95. The van der Waals surface area contributed by atoms with Crippen LogP contribution in [0.2, 0.25) is 0 Å². The Balaban J connectivity index is 3.06. The molecule has 1 aromatic rings. The van der Waals surface area contributed by atoms with Gasteiger partial charge < -0.3 is 9.47 Å². The van der Waals surface area contributed by atoms with Crippen LogP contribution < -0.4 is 5.56 Å². The summed E-state index contributed by atoms with van der Waals surface area (Å²) in [5, 5.41) is 0. The van der Waals surface area contributed by atoms with Gasteiger partial charge in [-0.05, 0) is 32.9 Å². The molecular weight excluding hydrogens is 262 g/mol. The first-order valence-electron chi connectivity index (χ1n) is 6.28. The molecule has 110 valence electrons. The first kappa shape index (κ1) is 16.1. The average Bonchev–Trinajstić information content (AvgIpc) is 2.38. The lowest BCUT2D eigenvalue weighted by atomic mass is 10.1. The maximum Gasteiger partial charge on any atom is 0.329 e. The summed E-state index contributed by atoms with van der Waals surface area (Å²) < 4.78 is 11.1.